The van der Waals surface area contributed by atoms with Gasteiger partial charge in [-0.1, -0.05) is 97.8 Å². The average Bonchev–Trinajstić information content (AvgIpc) is 4.17. The second-order valence-corrected chi connectivity index (χ2v) is 25.6. The third kappa shape index (κ3) is 17.0. The molecule has 2 aromatic heterocycles. The molecule has 0 bridgehead atoms. The van der Waals surface area contributed by atoms with Crippen LogP contribution in [0, 0.1) is 33.3 Å². The Morgan fingerprint density at radius 1 is 0.566 bits per heavy atom. The molecular formula is C62H90Cl2F2N8O9. The molecule has 2 amide bonds. The number of nitrogens with one attached hydrogen (secondary N) is 5. The van der Waals surface area contributed by atoms with Gasteiger partial charge in [0.15, 0.2) is 11.6 Å². The summed E-state index contributed by atoms with van der Waals surface area (Å²) in [6, 6.07) is 5.29. The van der Waals surface area contributed by atoms with Crippen LogP contribution in [0.1, 0.15) is 215 Å². The quantitative estimate of drug-likeness (QED) is 0.0610. The average molecular weight is 1200 g/mol. The number of carboxylic acid groups (broad SMARTS) is 1. The van der Waals surface area contributed by atoms with Gasteiger partial charge in [0.1, 0.15) is 11.6 Å². The predicted molar refractivity (Wildman–Crippen MR) is 322 cm³/mol. The first kappa shape index (κ1) is 66.9. The van der Waals surface area contributed by atoms with Crippen LogP contribution in [-0.2, 0) is 19.2 Å². The Labute approximate surface area is 496 Å². The molecule has 0 spiro atoms. The molecule has 2 saturated heterocycles. The fraction of sp³-hybridized carbons (Fsp3) is 0.677. The van der Waals surface area contributed by atoms with E-state index in [4.69, 9.17) is 28.3 Å². The van der Waals surface area contributed by atoms with E-state index in [2.05, 4.69) is 44.7 Å². The number of ketones is 2. The summed E-state index contributed by atoms with van der Waals surface area (Å²) in [6.45, 7) is 11.6. The number of carbonyl (C=O) groups is 6. The van der Waals surface area contributed by atoms with Gasteiger partial charge < -0.3 is 31.0 Å². The first-order valence-corrected chi connectivity index (χ1v) is 31.1. The van der Waals surface area contributed by atoms with Gasteiger partial charge in [0.05, 0.1) is 51.0 Å². The number of Topliss-reactive ketones (excluding diaryl/α,β-unsaturated/α-hetero) is 2. The van der Waals surface area contributed by atoms with E-state index in [0.29, 0.717) is 34.4 Å². The molecular weight excluding hydrogens is 1110 g/mol. The molecule has 6 fully saturated rings. The number of fused-ring (bicyclic) bond motifs is 2. The highest BCUT2D eigenvalue weighted by molar-refractivity contribution is 6.64. The Morgan fingerprint density at radius 3 is 1.27 bits per heavy atom. The van der Waals surface area contributed by atoms with Crippen molar-refractivity contribution in [1.82, 2.24) is 40.0 Å². The summed E-state index contributed by atoms with van der Waals surface area (Å²) in [5, 5.41) is 16.7. The zero-order chi connectivity index (χ0) is 60.7. The zero-order valence-corrected chi connectivity index (χ0v) is 51.3. The predicted octanol–water partition coefficient (Wildman–Crippen LogP) is 11.3. The third-order valence-corrected chi connectivity index (χ3v) is 19.5. The standard InChI is InChI=1S/C23H31FN4O3.C14H17FN4O2.C9H15ClO.C8H13ClO.C8H14O2/c1-23(8-4-3-5-9-23)20(29)14-27-10-6-15(7-11-27)28-19-13-17(24)16(21(30)25-2)12-18(19)26-22(28)31;1-16-13(20)9-6-11-12(7-10(9)15)19(14(21)18-11)8-2-4-17-5-3-8;1-9(8(11)7-10)5-3-2-4-6-9;2*1-8(7(9)10)5-3-2-4-6-8/h12-13,15H,3-11,14H2,1-2H3,(H,25,30)(H,26,31);6-8,17H,2-5H2,1H3,(H,16,20)(H,18,21);2-7H2,1H3;2-6H2,1H3;2-6H2,1H3,(H,9,10). The van der Waals surface area contributed by atoms with Crippen LogP contribution in [0.15, 0.2) is 33.9 Å². The molecule has 6 aliphatic rings. The van der Waals surface area contributed by atoms with Crippen LogP contribution < -0.4 is 27.3 Å². The smallest absolute Gasteiger partial charge is 0.326 e. The maximum Gasteiger partial charge on any atom is 0.326 e. The van der Waals surface area contributed by atoms with Gasteiger partial charge in [0, 0.05) is 67.6 Å². The Hall–Kier alpha value is -5.24. The van der Waals surface area contributed by atoms with E-state index in [0.717, 1.165) is 142 Å². The van der Waals surface area contributed by atoms with Crippen molar-refractivity contribution in [2.75, 3.05) is 52.7 Å². The van der Waals surface area contributed by atoms with Crippen LogP contribution in [-0.4, -0.2) is 116 Å². The number of aliphatic carboxylic acids is 1. The maximum absolute atomic E-state index is 14.5. The van der Waals surface area contributed by atoms with Crippen molar-refractivity contribution in [3.05, 3.63) is 68.0 Å². The molecule has 460 valence electrons. The number of hydrogen-bond acceptors (Lipinski definition) is 10. The number of piperidine rings is 2. The molecule has 10 rings (SSSR count). The van der Waals surface area contributed by atoms with Gasteiger partial charge in [-0.15, -0.1) is 11.6 Å². The SMILES string of the molecule is CC1(C(=O)CCl)CCCCC1.CC1(C(=O)Cl)CCCCC1.CC1(C(=O)O)CCCCC1.CNC(=O)c1cc2[nH]c(=O)n(C3CCN(CC(=O)C4(C)CCCCC4)CC3)c2cc1F.CNC(=O)c1cc2[nH]c(=O)n(C3CCNCC3)c2cc1F. The topological polar surface area (TPSA) is 238 Å². The van der Waals surface area contributed by atoms with Crippen LogP contribution in [0.4, 0.5) is 8.78 Å². The van der Waals surface area contributed by atoms with Gasteiger partial charge in [-0.25, -0.2) is 18.4 Å². The normalized spacial score (nSPS) is 20.5. The Kier molecular flexibility index (Phi) is 24.3. The van der Waals surface area contributed by atoms with Crippen molar-refractivity contribution < 1.29 is 42.7 Å². The number of imidazole rings is 2. The molecule has 4 aliphatic carbocycles. The molecule has 0 radical (unpaired) electrons. The minimum absolute atomic E-state index is 0.0535. The molecule has 0 atom stereocenters. The van der Waals surface area contributed by atoms with Crippen LogP contribution >= 0.6 is 23.2 Å². The highest BCUT2D eigenvalue weighted by atomic mass is 35.5. The number of H-pyrrole nitrogens is 2. The fourth-order valence-corrected chi connectivity index (χ4v) is 13.4. The van der Waals surface area contributed by atoms with E-state index in [-0.39, 0.29) is 67.7 Å². The number of rotatable bonds is 11. The van der Waals surface area contributed by atoms with Gasteiger partial charge in [0.2, 0.25) is 5.24 Å². The van der Waals surface area contributed by atoms with Crippen molar-refractivity contribution >= 4 is 79.9 Å². The van der Waals surface area contributed by atoms with Crippen molar-refractivity contribution in [2.45, 2.75) is 194 Å². The van der Waals surface area contributed by atoms with E-state index in [1.165, 1.54) is 76.9 Å². The number of amides is 2. The van der Waals surface area contributed by atoms with Crippen molar-refractivity contribution in [2.24, 2.45) is 21.7 Å². The summed E-state index contributed by atoms with van der Waals surface area (Å²) in [4.78, 5) is 102. The van der Waals surface area contributed by atoms with Gasteiger partial charge in [-0.3, -0.25) is 42.8 Å². The molecule has 4 saturated carbocycles. The molecule has 4 aromatic rings. The van der Waals surface area contributed by atoms with Gasteiger partial charge >= 0.3 is 17.3 Å². The van der Waals surface area contributed by atoms with E-state index in [9.17, 15) is 47.1 Å². The molecule has 6 N–H and O–H groups in total. The minimum Gasteiger partial charge on any atom is -0.481 e. The van der Waals surface area contributed by atoms with E-state index >= 15 is 0 Å². The molecule has 2 aliphatic heterocycles. The lowest BCUT2D eigenvalue weighted by atomic mass is 9.72. The number of benzene rings is 2. The van der Waals surface area contributed by atoms with E-state index in [1.807, 2.05) is 13.8 Å². The highest BCUT2D eigenvalue weighted by Crippen LogP contribution is 2.40. The summed E-state index contributed by atoms with van der Waals surface area (Å²) < 4.78 is 31.8. The molecule has 2 aromatic carbocycles. The minimum atomic E-state index is -0.650. The molecule has 4 heterocycles. The summed E-state index contributed by atoms with van der Waals surface area (Å²) in [6.07, 6.45) is 24.9. The first-order chi connectivity index (χ1) is 39.4. The number of nitrogens with zero attached hydrogens (tertiary/aromatic N) is 3. The number of alkyl halides is 1. The number of aromatic nitrogens is 4. The lowest BCUT2D eigenvalue weighted by molar-refractivity contribution is -0.149. The highest BCUT2D eigenvalue weighted by Gasteiger charge is 2.38. The summed E-state index contributed by atoms with van der Waals surface area (Å²) >= 11 is 11.0. The number of likely N-dealkylation sites (tertiary alicyclic amines) is 1. The summed E-state index contributed by atoms with van der Waals surface area (Å²) in [5.41, 5.74) is 0.332. The van der Waals surface area contributed by atoms with Crippen molar-refractivity contribution in [3.8, 4) is 0 Å². The lowest BCUT2D eigenvalue weighted by Gasteiger charge is -2.36. The Morgan fingerprint density at radius 2 is 0.928 bits per heavy atom. The van der Waals surface area contributed by atoms with E-state index < -0.39 is 34.8 Å². The molecule has 83 heavy (non-hydrogen) atoms. The maximum atomic E-state index is 14.5. The molecule has 17 nitrogen and oxygen atoms in total. The molecule has 0 unspecified atom stereocenters. The Bertz CT molecular complexity index is 2970. The fourth-order valence-electron chi connectivity index (χ4n) is 12.9. The number of aromatic amines is 2. The summed E-state index contributed by atoms with van der Waals surface area (Å²) in [7, 11) is 2.88. The number of hydrogen-bond donors (Lipinski definition) is 6. The van der Waals surface area contributed by atoms with Crippen LogP contribution in [0.2, 0.25) is 0 Å². The third-order valence-electron chi connectivity index (χ3n) is 18.8. The van der Waals surface area contributed by atoms with E-state index in [1.54, 1.807) is 9.13 Å². The van der Waals surface area contributed by atoms with Crippen molar-refractivity contribution in [3.63, 3.8) is 0 Å². The van der Waals surface area contributed by atoms with Crippen LogP contribution in [0.3, 0.4) is 0 Å². The van der Waals surface area contributed by atoms with Crippen molar-refractivity contribution in [1.29, 1.82) is 0 Å². The second kappa shape index (κ2) is 30.2. The number of carboxylic acids is 1. The van der Waals surface area contributed by atoms with Crippen LogP contribution in [0.5, 0.6) is 0 Å². The van der Waals surface area contributed by atoms with Gasteiger partial charge in [0.25, 0.3) is 11.8 Å². The first-order valence-electron chi connectivity index (χ1n) is 30.2. The number of carbonyl (C=O) groups excluding carboxylic acids is 5. The van der Waals surface area contributed by atoms with Gasteiger partial charge in [-0.2, -0.15) is 0 Å². The monoisotopic (exact) mass is 1200 g/mol. The Balaban J connectivity index is 0.000000182. The second-order valence-electron chi connectivity index (χ2n) is 25.0. The molecule has 21 heteroatoms. The zero-order valence-electron chi connectivity index (χ0n) is 49.7. The largest absolute Gasteiger partial charge is 0.481 e. The summed E-state index contributed by atoms with van der Waals surface area (Å²) in [5.74, 6) is -2.17. The number of halogens is 4. The lowest BCUT2D eigenvalue weighted by Crippen LogP contribution is -2.43. The van der Waals surface area contributed by atoms with Crippen LogP contribution in [0.25, 0.3) is 22.1 Å². The van der Waals surface area contributed by atoms with Gasteiger partial charge in [-0.05, 0) is 121 Å².